The number of aliphatic hydroxyl groups excluding tert-OH is 6. The Labute approximate surface area is 84.1 Å². The van der Waals surface area contributed by atoms with E-state index in [4.69, 9.17) is 30.6 Å². The summed E-state index contributed by atoms with van der Waals surface area (Å²) in [5, 5.41) is 47.3. The lowest BCUT2D eigenvalue weighted by Gasteiger charge is -1.90. The molecular formula is C8H22O6. The number of hydrogen-bond acceptors (Lipinski definition) is 6. The van der Waals surface area contributed by atoms with Crippen molar-refractivity contribution in [3.8, 4) is 0 Å². The monoisotopic (exact) mass is 214 g/mol. The highest BCUT2D eigenvalue weighted by molar-refractivity contribution is 4.34. The quantitative estimate of drug-likeness (QED) is 0.314. The molecule has 0 rings (SSSR count). The molecule has 14 heavy (non-hydrogen) atoms. The van der Waals surface area contributed by atoms with Gasteiger partial charge in [0.2, 0.25) is 0 Å². The summed E-state index contributed by atoms with van der Waals surface area (Å²) in [7, 11) is 0. The zero-order valence-electron chi connectivity index (χ0n) is 8.67. The van der Waals surface area contributed by atoms with E-state index in [0.717, 1.165) is 0 Å². The van der Waals surface area contributed by atoms with Gasteiger partial charge in [-0.25, -0.2) is 0 Å². The molecule has 6 nitrogen and oxygen atoms in total. The third kappa shape index (κ3) is 60.1. The second-order valence-corrected chi connectivity index (χ2v) is 2.51. The minimum absolute atomic E-state index is 0.125. The summed E-state index contributed by atoms with van der Waals surface area (Å²) in [5.41, 5.74) is 0. The topological polar surface area (TPSA) is 121 Å². The van der Waals surface area contributed by atoms with Crippen LogP contribution in [0, 0.1) is 0 Å². The largest absolute Gasteiger partial charge is 0.394 e. The third-order valence-corrected chi connectivity index (χ3v) is 0.628. The molecular weight excluding hydrogens is 192 g/mol. The summed E-state index contributed by atoms with van der Waals surface area (Å²) >= 11 is 0. The highest BCUT2D eigenvalue weighted by Crippen LogP contribution is 1.69. The summed E-state index contributed by atoms with van der Waals surface area (Å²) in [6.07, 6.45) is -1.12. The predicted octanol–water partition coefficient (Wildman–Crippen LogP) is -2.31. The molecule has 0 aromatic rings. The van der Waals surface area contributed by atoms with Crippen LogP contribution < -0.4 is 0 Å². The van der Waals surface area contributed by atoms with E-state index in [1.165, 1.54) is 13.8 Å². The lowest BCUT2D eigenvalue weighted by atomic mass is 10.5. The molecule has 90 valence electrons. The Morgan fingerprint density at radius 1 is 0.714 bits per heavy atom. The molecule has 6 heteroatoms. The minimum atomic E-state index is -0.560. The fourth-order valence-electron chi connectivity index (χ4n) is 0. The molecule has 0 aromatic heterocycles. The zero-order chi connectivity index (χ0) is 12.0. The maximum absolute atomic E-state index is 8.11. The third-order valence-electron chi connectivity index (χ3n) is 0.628. The first-order chi connectivity index (χ1) is 6.45. The molecule has 0 aliphatic carbocycles. The van der Waals surface area contributed by atoms with Crippen molar-refractivity contribution >= 4 is 0 Å². The molecule has 0 saturated carbocycles. The standard InChI is InChI=1S/2C3H8O2.C2H6O2/c2*1-3(5)2-4;3-1-2-4/h2*3-5H,2H2,1H3;3-4H,1-2H2. The maximum atomic E-state index is 8.11. The van der Waals surface area contributed by atoms with Crippen molar-refractivity contribution in [2.24, 2.45) is 0 Å². The molecule has 0 heterocycles. The van der Waals surface area contributed by atoms with Gasteiger partial charge in [-0.2, -0.15) is 0 Å². The molecule has 6 N–H and O–H groups in total. The summed E-state index contributed by atoms with van der Waals surface area (Å²) in [6, 6.07) is 0. The summed E-state index contributed by atoms with van der Waals surface area (Å²) < 4.78 is 0. The van der Waals surface area contributed by atoms with Gasteiger partial charge in [-0.3, -0.25) is 0 Å². The van der Waals surface area contributed by atoms with E-state index in [-0.39, 0.29) is 26.4 Å². The predicted molar refractivity (Wildman–Crippen MR) is 51.7 cm³/mol. The normalized spacial score (nSPS) is 12.9. The van der Waals surface area contributed by atoms with Crippen molar-refractivity contribution in [2.75, 3.05) is 26.4 Å². The first kappa shape index (κ1) is 19.4. The van der Waals surface area contributed by atoms with Gasteiger partial charge in [0.05, 0.1) is 38.6 Å². The van der Waals surface area contributed by atoms with E-state index >= 15 is 0 Å². The molecule has 2 unspecified atom stereocenters. The lowest BCUT2D eigenvalue weighted by molar-refractivity contribution is 0.110. The molecule has 0 aromatic carbocycles. The summed E-state index contributed by atoms with van der Waals surface area (Å²) in [6.45, 7) is 2.53. The van der Waals surface area contributed by atoms with Crippen LogP contribution >= 0.6 is 0 Å². The molecule has 0 bridgehead atoms. The van der Waals surface area contributed by atoms with Crippen LogP contribution in [0.5, 0.6) is 0 Å². The van der Waals surface area contributed by atoms with Crippen molar-refractivity contribution in [2.45, 2.75) is 26.1 Å². The van der Waals surface area contributed by atoms with Crippen molar-refractivity contribution in [3.63, 3.8) is 0 Å². The van der Waals surface area contributed by atoms with Gasteiger partial charge in [-0.05, 0) is 13.8 Å². The minimum Gasteiger partial charge on any atom is -0.394 e. The van der Waals surface area contributed by atoms with Crippen LogP contribution in [0.2, 0.25) is 0 Å². The van der Waals surface area contributed by atoms with Crippen LogP contribution in [-0.4, -0.2) is 69.3 Å². The fraction of sp³-hybridized carbons (Fsp3) is 1.00. The van der Waals surface area contributed by atoms with Crippen molar-refractivity contribution in [3.05, 3.63) is 0 Å². The second-order valence-electron chi connectivity index (χ2n) is 2.51. The van der Waals surface area contributed by atoms with Crippen molar-refractivity contribution in [1.82, 2.24) is 0 Å². The molecule has 0 aliphatic heterocycles. The Hall–Kier alpha value is -0.240. The Bertz CT molecular complexity index is 66.2. The summed E-state index contributed by atoms with van der Waals surface area (Å²) in [5.74, 6) is 0. The highest BCUT2D eigenvalue weighted by atomic mass is 16.3. The van der Waals surface area contributed by atoms with E-state index in [0.29, 0.717) is 0 Å². The molecule has 0 saturated heterocycles. The van der Waals surface area contributed by atoms with Crippen LogP contribution in [0.15, 0.2) is 0 Å². The smallest absolute Gasteiger partial charge is 0.0742 e. The molecule has 0 spiro atoms. The molecule has 2 atom stereocenters. The van der Waals surface area contributed by atoms with Crippen LogP contribution in [-0.2, 0) is 0 Å². The van der Waals surface area contributed by atoms with Crippen LogP contribution in [0.3, 0.4) is 0 Å². The van der Waals surface area contributed by atoms with Gasteiger partial charge < -0.3 is 30.6 Å². The fourth-order valence-corrected chi connectivity index (χ4v) is 0. The van der Waals surface area contributed by atoms with Gasteiger partial charge in [-0.15, -0.1) is 0 Å². The number of aliphatic hydroxyl groups is 6. The Morgan fingerprint density at radius 3 is 0.857 bits per heavy atom. The second kappa shape index (κ2) is 18.5. The van der Waals surface area contributed by atoms with Crippen LogP contribution in [0.4, 0.5) is 0 Å². The van der Waals surface area contributed by atoms with E-state index in [1.807, 2.05) is 0 Å². The zero-order valence-corrected chi connectivity index (χ0v) is 8.67. The van der Waals surface area contributed by atoms with E-state index in [2.05, 4.69) is 0 Å². The van der Waals surface area contributed by atoms with Crippen LogP contribution in [0.25, 0.3) is 0 Å². The first-order valence-corrected chi connectivity index (χ1v) is 4.25. The first-order valence-electron chi connectivity index (χ1n) is 4.25. The van der Waals surface area contributed by atoms with E-state index in [9.17, 15) is 0 Å². The van der Waals surface area contributed by atoms with Gasteiger partial charge in [0, 0.05) is 0 Å². The Balaban J connectivity index is -0.000000131. The van der Waals surface area contributed by atoms with Crippen molar-refractivity contribution < 1.29 is 30.6 Å². The number of rotatable bonds is 3. The molecule has 0 aliphatic rings. The number of hydrogen-bond donors (Lipinski definition) is 6. The Morgan fingerprint density at radius 2 is 0.857 bits per heavy atom. The average Bonchev–Trinajstić information content (AvgIpc) is 2.19. The van der Waals surface area contributed by atoms with Crippen molar-refractivity contribution in [1.29, 1.82) is 0 Å². The van der Waals surface area contributed by atoms with E-state index < -0.39 is 12.2 Å². The molecule has 0 amide bonds. The van der Waals surface area contributed by atoms with Gasteiger partial charge in [0.1, 0.15) is 0 Å². The maximum Gasteiger partial charge on any atom is 0.0742 e. The highest BCUT2D eigenvalue weighted by Gasteiger charge is 1.83. The Kier molecular flexibility index (Phi) is 25.6. The molecule has 0 fully saturated rings. The SMILES string of the molecule is CC(O)CO.CC(O)CO.OCCO. The average molecular weight is 214 g/mol. The van der Waals surface area contributed by atoms with Gasteiger partial charge in [-0.1, -0.05) is 0 Å². The molecule has 0 radical (unpaired) electrons. The van der Waals surface area contributed by atoms with Gasteiger partial charge in [0.15, 0.2) is 0 Å². The summed E-state index contributed by atoms with van der Waals surface area (Å²) in [4.78, 5) is 0. The van der Waals surface area contributed by atoms with Crippen LogP contribution in [0.1, 0.15) is 13.8 Å². The van der Waals surface area contributed by atoms with Gasteiger partial charge in [0.25, 0.3) is 0 Å². The lowest BCUT2D eigenvalue weighted by Crippen LogP contribution is -2.03. The van der Waals surface area contributed by atoms with Gasteiger partial charge >= 0.3 is 0 Å². The van der Waals surface area contributed by atoms with E-state index in [1.54, 1.807) is 0 Å².